The van der Waals surface area contributed by atoms with Crippen LogP contribution in [0.2, 0.25) is 0 Å². The minimum Gasteiger partial charge on any atom is -0.381 e. The fourth-order valence-corrected chi connectivity index (χ4v) is 3.16. The van der Waals surface area contributed by atoms with E-state index in [1.54, 1.807) is 0 Å². The van der Waals surface area contributed by atoms with Crippen molar-refractivity contribution in [1.29, 1.82) is 0 Å². The zero-order valence-electron chi connectivity index (χ0n) is 13.7. The van der Waals surface area contributed by atoms with Gasteiger partial charge in [0.25, 0.3) is 0 Å². The van der Waals surface area contributed by atoms with Crippen LogP contribution in [0.3, 0.4) is 0 Å². The minimum absolute atomic E-state index is 0.645. The monoisotopic (exact) mass is 289 g/mol. The van der Waals surface area contributed by atoms with Crippen molar-refractivity contribution < 1.29 is 4.74 Å². The van der Waals surface area contributed by atoms with E-state index < -0.39 is 0 Å². The Kier molecular flexibility index (Phi) is 7.25. The lowest BCUT2D eigenvalue weighted by atomic mass is 9.82. The third kappa shape index (κ3) is 6.19. The van der Waals surface area contributed by atoms with Crippen LogP contribution >= 0.6 is 0 Å². The molecule has 0 spiro atoms. The van der Waals surface area contributed by atoms with Gasteiger partial charge in [-0.1, -0.05) is 44.2 Å². The van der Waals surface area contributed by atoms with Gasteiger partial charge in [0.05, 0.1) is 0 Å². The van der Waals surface area contributed by atoms with Gasteiger partial charge in [-0.3, -0.25) is 0 Å². The molecule has 0 bridgehead atoms. The maximum Gasteiger partial charge on any atom is 0.0489 e. The van der Waals surface area contributed by atoms with Crippen molar-refractivity contribution in [2.24, 2.45) is 5.92 Å². The molecule has 2 heteroatoms. The van der Waals surface area contributed by atoms with Gasteiger partial charge in [0.1, 0.15) is 0 Å². The van der Waals surface area contributed by atoms with Crippen molar-refractivity contribution in [3.63, 3.8) is 0 Å². The molecular weight excluding hydrogens is 258 g/mol. The second kappa shape index (κ2) is 9.22. The SMILES string of the molecule is CC(C)COCCCNC1CCC(c2ccccc2)CC1. The average Bonchev–Trinajstić information content (AvgIpc) is 2.52. The molecule has 1 aliphatic carbocycles. The quantitative estimate of drug-likeness (QED) is 0.718. The standard InChI is InChI=1S/C19H31NO/c1-16(2)15-21-14-6-13-20-19-11-9-18(10-12-19)17-7-4-3-5-8-17/h3-5,7-8,16,18-20H,6,9-15H2,1-2H3. The van der Waals surface area contributed by atoms with Gasteiger partial charge in [-0.2, -0.15) is 0 Å². The fraction of sp³-hybridized carbons (Fsp3) is 0.684. The second-order valence-electron chi connectivity index (χ2n) is 6.74. The lowest BCUT2D eigenvalue weighted by Crippen LogP contribution is -2.33. The van der Waals surface area contributed by atoms with Gasteiger partial charge in [0, 0.05) is 19.3 Å². The fourth-order valence-electron chi connectivity index (χ4n) is 3.16. The highest BCUT2D eigenvalue weighted by molar-refractivity contribution is 5.20. The van der Waals surface area contributed by atoms with Crippen molar-refractivity contribution in [3.05, 3.63) is 35.9 Å². The molecule has 118 valence electrons. The molecule has 1 aliphatic rings. The summed E-state index contributed by atoms with van der Waals surface area (Å²) in [5, 5.41) is 3.70. The van der Waals surface area contributed by atoms with Crippen molar-refractivity contribution >= 4 is 0 Å². The zero-order valence-corrected chi connectivity index (χ0v) is 13.7. The minimum atomic E-state index is 0.645. The number of hydrogen-bond donors (Lipinski definition) is 1. The molecule has 0 amide bonds. The molecule has 0 unspecified atom stereocenters. The Morgan fingerprint density at radius 1 is 1.10 bits per heavy atom. The molecule has 0 heterocycles. The van der Waals surface area contributed by atoms with Crippen molar-refractivity contribution in [2.75, 3.05) is 19.8 Å². The van der Waals surface area contributed by atoms with Gasteiger partial charge < -0.3 is 10.1 Å². The maximum atomic E-state index is 5.62. The summed E-state index contributed by atoms with van der Waals surface area (Å²) >= 11 is 0. The molecule has 1 saturated carbocycles. The molecule has 1 aromatic carbocycles. The molecule has 1 N–H and O–H groups in total. The molecular formula is C19H31NO. The predicted octanol–water partition coefficient (Wildman–Crippen LogP) is 4.37. The highest BCUT2D eigenvalue weighted by Crippen LogP contribution is 2.32. The largest absolute Gasteiger partial charge is 0.381 e. The lowest BCUT2D eigenvalue weighted by molar-refractivity contribution is 0.107. The summed E-state index contributed by atoms with van der Waals surface area (Å²) in [5.74, 6) is 1.42. The van der Waals surface area contributed by atoms with Gasteiger partial charge in [0.15, 0.2) is 0 Å². The summed E-state index contributed by atoms with van der Waals surface area (Å²) in [5.41, 5.74) is 1.53. The maximum absolute atomic E-state index is 5.62. The van der Waals surface area contributed by atoms with E-state index in [4.69, 9.17) is 4.74 Å². The first-order chi connectivity index (χ1) is 10.3. The molecule has 0 radical (unpaired) electrons. The van der Waals surface area contributed by atoms with Crippen molar-refractivity contribution in [3.8, 4) is 0 Å². The molecule has 1 aromatic rings. The summed E-state index contributed by atoms with van der Waals surface area (Å²) < 4.78 is 5.62. The number of nitrogens with one attached hydrogen (secondary N) is 1. The van der Waals surface area contributed by atoms with Crippen LogP contribution in [0.15, 0.2) is 30.3 Å². The van der Waals surface area contributed by atoms with Crippen LogP contribution in [0.4, 0.5) is 0 Å². The van der Waals surface area contributed by atoms with Gasteiger partial charge in [-0.15, -0.1) is 0 Å². The van der Waals surface area contributed by atoms with Gasteiger partial charge in [-0.05, 0) is 56.0 Å². The van der Waals surface area contributed by atoms with E-state index in [2.05, 4.69) is 49.5 Å². The van der Waals surface area contributed by atoms with Crippen LogP contribution in [-0.4, -0.2) is 25.8 Å². The number of benzene rings is 1. The topological polar surface area (TPSA) is 21.3 Å². The Balaban J connectivity index is 1.55. The van der Waals surface area contributed by atoms with E-state index in [1.807, 2.05) is 0 Å². The lowest BCUT2D eigenvalue weighted by Gasteiger charge is -2.29. The van der Waals surface area contributed by atoms with Crippen LogP contribution < -0.4 is 5.32 Å². The molecule has 1 fully saturated rings. The molecule has 0 aromatic heterocycles. The normalized spacial score (nSPS) is 22.6. The van der Waals surface area contributed by atoms with E-state index in [-0.39, 0.29) is 0 Å². The molecule has 0 saturated heterocycles. The van der Waals surface area contributed by atoms with E-state index in [0.717, 1.165) is 38.1 Å². The second-order valence-corrected chi connectivity index (χ2v) is 6.74. The zero-order chi connectivity index (χ0) is 14.9. The summed E-state index contributed by atoms with van der Waals surface area (Å²) in [4.78, 5) is 0. The van der Waals surface area contributed by atoms with Gasteiger partial charge in [0.2, 0.25) is 0 Å². The van der Waals surface area contributed by atoms with Crippen LogP contribution in [0.1, 0.15) is 57.4 Å². The Morgan fingerprint density at radius 3 is 2.48 bits per heavy atom. The van der Waals surface area contributed by atoms with Crippen LogP contribution in [0.25, 0.3) is 0 Å². The van der Waals surface area contributed by atoms with Crippen molar-refractivity contribution in [2.45, 2.75) is 57.9 Å². The smallest absolute Gasteiger partial charge is 0.0489 e. The number of rotatable bonds is 8. The van der Waals surface area contributed by atoms with Crippen LogP contribution in [0.5, 0.6) is 0 Å². The molecule has 21 heavy (non-hydrogen) atoms. The summed E-state index contributed by atoms with van der Waals surface area (Å²) in [6.45, 7) is 7.28. The van der Waals surface area contributed by atoms with Crippen LogP contribution in [-0.2, 0) is 4.74 Å². The highest BCUT2D eigenvalue weighted by Gasteiger charge is 2.21. The third-order valence-corrected chi connectivity index (χ3v) is 4.35. The van der Waals surface area contributed by atoms with E-state index in [1.165, 1.54) is 31.2 Å². The average molecular weight is 289 g/mol. The molecule has 2 rings (SSSR count). The molecule has 0 aliphatic heterocycles. The third-order valence-electron chi connectivity index (χ3n) is 4.35. The number of hydrogen-bond acceptors (Lipinski definition) is 2. The molecule has 2 nitrogen and oxygen atoms in total. The Bertz CT molecular complexity index is 368. The van der Waals surface area contributed by atoms with Gasteiger partial charge in [-0.25, -0.2) is 0 Å². The first kappa shape index (κ1) is 16.5. The Morgan fingerprint density at radius 2 is 1.81 bits per heavy atom. The summed E-state index contributed by atoms with van der Waals surface area (Å²) in [7, 11) is 0. The summed E-state index contributed by atoms with van der Waals surface area (Å²) in [6, 6.07) is 11.7. The van der Waals surface area contributed by atoms with E-state index in [9.17, 15) is 0 Å². The van der Waals surface area contributed by atoms with E-state index in [0.29, 0.717) is 5.92 Å². The molecule has 0 atom stereocenters. The van der Waals surface area contributed by atoms with Crippen molar-refractivity contribution in [1.82, 2.24) is 5.32 Å². The van der Waals surface area contributed by atoms with Gasteiger partial charge >= 0.3 is 0 Å². The Hall–Kier alpha value is -0.860. The predicted molar refractivity (Wildman–Crippen MR) is 89.7 cm³/mol. The summed E-state index contributed by atoms with van der Waals surface area (Å²) in [6.07, 6.45) is 6.40. The van der Waals surface area contributed by atoms with E-state index >= 15 is 0 Å². The first-order valence-electron chi connectivity index (χ1n) is 8.61. The van der Waals surface area contributed by atoms with Crippen LogP contribution in [0, 0.1) is 5.92 Å². The number of ether oxygens (including phenoxy) is 1. The highest BCUT2D eigenvalue weighted by atomic mass is 16.5. The first-order valence-corrected chi connectivity index (χ1v) is 8.61. The Labute approximate surface area is 130 Å².